The fourth-order valence-electron chi connectivity index (χ4n) is 1.36. The van der Waals surface area contributed by atoms with E-state index in [0.29, 0.717) is 18.2 Å². The van der Waals surface area contributed by atoms with Crippen molar-refractivity contribution in [3.63, 3.8) is 0 Å². The zero-order valence-corrected chi connectivity index (χ0v) is 10.2. The van der Waals surface area contributed by atoms with Crippen LogP contribution in [0.25, 0.3) is 0 Å². The van der Waals surface area contributed by atoms with Crippen LogP contribution in [0.2, 0.25) is 0 Å². The summed E-state index contributed by atoms with van der Waals surface area (Å²) in [5.74, 6) is -1.42. The Morgan fingerprint density at radius 2 is 2.17 bits per heavy atom. The number of rotatable bonds is 5. The van der Waals surface area contributed by atoms with E-state index in [9.17, 15) is 8.78 Å². The molecule has 2 rings (SSSR count). The van der Waals surface area contributed by atoms with Crippen LogP contribution in [-0.2, 0) is 12.3 Å². The van der Waals surface area contributed by atoms with Crippen LogP contribution < -0.4 is 5.73 Å². The zero-order valence-electron chi connectivity index (χ0n) is 9.38. The molecule has 0 radical (unpaired) electrons. The summed E-state index contributed by atoms with van der Waals surface area (Å²) < 4.78 is 27.9. The standard InChI is InChI=1S/C10H11F2N5S/c11-8-3-1-2-7(9(8)12)6-18-10-14-15-16-17(10)5-4-13/h1-3H,4-6,13H2. The van der Waals surface area contributed by atoms with Crippen LogP contribution in [0.4, 0.5) is 8.78 Å². The van der Waals surface area contributed by atoms with Gasteiger partial charge in [-0.1, -0.05) is 23.9 Å². The minimum atomic E-state index is -0.852. The second-order valence-corrected chi connectivity index (χ2v) is 4.42. The first-order valence-corrected chi connectivity index (χ1v) is 6.23. The average Bonchev–Trinajstić information content (AvgIpc) is 2.79. The molecule has 5 nitrogen and oxygen atoms in total. The normalized spacial score (nSPS) is 10.8. The summed E-state index contributed by atoms with van der Waals surface area (Å²) in [5.41, 5.74) is 5.68. The summed E-state index contributed by atoms with van der Waals surface area (Å²) in [6, 6.07) is 4.08. The van der Waals surface area contributed by atoms with Crippen LogP contribution in [0.15, 0.2) is 23.4 Å². The molecule has 0 saturated heterocycles. The lowest BCUT2D eigenvalue weighted by molar-refractivity contribution is 0.502. The van der Waals surface area contributed by atoms with E-state index in [-0.39, 0.29) is 11.3 Å². The van der Waals surface area contributed by atoms with Gasteiger partial charge in [0.05, 0.1) is 6.54 Å². The van der Waals surface area contributed by atoms with E-state index in [4.69, 9.17) is 5.73 Å². The van der Waals surface area contributed by atoms with E-state index in [2.05, 4.69) is 15.5 Å². The van der Waals surface area contributed by atoms with Crippen LogP contribution >= 0.6 is 11.8 Å². The number of halogens is 2. The van der Waals surface area contributed by atoms with E-state index in [1.807, 2.05) is 0 Å². The van der Waals surface area contributed by atoms with Gasteiger partial charge >= 0.3 is 0 Å². The highest BCUT2D eigenvalue weighted by Crippen LogP contribution is 2.22. The summed E-state index contributed by atoms with van der Waals surface area (Å²) in [7, 11) is 0. The molecule has 0 aliphatic heterocycles. The highest BCUT2D eigenvalue weighted by molar-refractivity contribution is 7.98. The van der Waals surface area contributed by atoms with Gasteiger partial charge in [0.15, 0.2) is 11.6 Å². The number of benzene rings is 1. The van der Waals surface area contributed by atoms with Crippen LogP contribution in [0.1, 0.15) is 5.56 Å². The number of nitrogens with two attached hydrogens (primary N) is 1. The monoisotopic (exact) mass is 271 g/mol. The van der Waals surface area contributed by atoms with Gasteiger partial charge in [0, 0.05) is 17.9 Å². The summed E-state index contributed by atoms with van der Waals surface area (Å²) in [6.45, 7) is 0.897. The molecule has 0 saturated carbocycles. The van der Waals surface area contributed by atoms with Crippen LogP contribution in [0, 0.1) is 11.6 Å². The Hall–Kier alpha value is -1.54. The molecule has 18 heavy (non-hydrogen) atoms. The SMILES string of the molecule is NCCn1nnnc1SCc1cccc(F)c1F. The maximum atomic E-state index is 13.4. The number of thioether (sulfide) groups is 1. The Morgan fingerprint density at radius 3 is 2.94 bits per heavy atom. The molecule has 1 aromatic heterocycles. The number of nitrogens with zero attached hydrogens (tertiary/aromatic N) is 4. The van der Waals surface area contributed by atoms with Crippen LogP contribution in [0.5, 0.6) is 0 Å². The third kappa shape index (κ3) is 2.82. The van der Waals surface area contributed by atoms with E-state index < -0.39 is 11.6 Å². The van der Waals surface area contributed by atoms with Crippen molar-refractivity contribution >= 4 is 11.8 Å². The van der Waals surface area contributed by atoms with Crippen molar-refractivity contribution in [1.82, 2.24) is 20.2 Å². The molecule has 0 aliphatic rings. The maximum Gasteiger partial charge on any atom is 0.209 e. The number of hydrogen-bond acceptors (Lipinski definition) is 5. The van der Waals surface area contributed by atoms with Crippen molar-refractivity contribution in [2.24, 2.45) is 5.73 Å². The van der Waals surface area contributed by atoms with E-state index in [0.717, 1.165) is 6.07 Å². The Kier molecular flexibility index (Phi) is 4.21. The molecule has 0 aliphatic carbocycles. The molecule has 1 heterocycles. The third-order valence-electron chi connectivity index (χ3n) is 2.23. The second kappa shape index (κ2) is 5.87. The Bertz CT molecular complexity index is 531. The lowest BCUT2D eigenvalue weighted by Crippen LogP contribution is -2.12. The van der Waals surface area contributed by atoms with Crippen molar-refractivity contribution in [3.05, 3.63) is 35.4 Å². The fourth-order valence-corrected chi connectivity index (χ4v) is 2.24. The van der Waals surface area contributed by atoms with Gasteiger partial charge in [0.2, 0.25) is 5.16 Å². The highest BCUT2D eigenvalue weighted by Gasteiger charge is 2.11. The van der Waals surface area contributed by atoms with Gasteiger partial charge in [-0.15, -0.1) is 5.10 Å². The number of hydrogen-bond donors (Lipinski definition) is 1. The predicted molar refractivity (Wildman–Crippen MR) is 62.8 cm³/mol. The summed E-state index contributed by atoms with van der Waals surface area (Å²) >= 11 is 1.23. The van der Waals surface area contributed by atoms with E-state index >= 15 is 0 Å². The molecule has 0 fully saturated rings. The molecular weight excluding hydrogens is 260 g/mol. The topological polar surface area (TPSA) is 69.6 Å². The molecule has 2 N–H and O–H groups in total. The predicted octanol–water partition coefficient (Wildman–Crippen LogP) is 1.20. The molecule has 0 amide bonds. The first-order valence-electron chi connectivity index (χ1n) is 5.24. The van der Waals surface area contributed by atoms with Crippen LogP contribution in [-0.4, -0.2) is 26.8 Å². The number of aromatic nitrogens is 4. The third-order valence-corrected chi connectivity index (χ3v) is 3.23. The van der Waals surface area contributed by atoms with Crippen molar-refractivity contribution in [2.75, 3.05) is 6.54 Å². The second-order valence-electron chi connectivity index (χ2n) is 3.47. The number of tetrazole rings is 1. The first-order chi connectivity index (χ1) is 8.72. The maximum absolute atomic E-state index is 13.4. The largest absolute Gasteiger partial charge is 0.329 e. The minimum absolute atomic E-state index is 0.258. The van der Waals surface area contributed by atoms with Crippen molar-refractivity contribution in [1.29, 1.82) is 0 Å². The fraction of sp³-hybridized carbons (Fsp3) is 0.300. The van der Waals surface area contributed by atoms with Gasteiger partial charge in [0.1, 0.15) is 0 Å². The molecular formula is C10H11F2N5S. The summed E-state index contributed by atoms with van der Waals surface area (Å²) in [6.07, 6.45) is 0. The minimum Gasteiger partial charge on any atom is -0.329 e. The molecule has 0 atom stereocenters. The van der Waals surface area contributed by atoms with E-state index in [1.54, 1.807) is 0 Å². The van der Waals surface area contributed by atoms with Crippen molar-refractivity contribution < 1.29 is 8.78 Å². The average molecular weight is 271 g/mol. The van der Waals surface area contributed by atoms with Gasteiger partial charge in [-0.3, -0.25) is 0 Å². The molecule has 0 bridgehead atoms. The summed E-state index contributed by atoms with van der Waals surface area (Å²) in [4.78, 5) is 0. The first kappa shape index (κ1) is 12.9. The molecule has 8 heteroatoms. The van der Waals surface area contributed by atoms with Crippen molar-refractivity contribution in [2.45, 2.75) is 17.5 Å². The Morgan fingerprint density at radius 1 is 1.33 bits per heavy atom. The zero-order chi connectivity index (χ0) is 13.0. The van der Waals surface area contributed by atoms with Gasteiger partial charge in [0.25, 0.3) is 0 Å². The van der Waals surface area contributed by atoms with Gasteiger partial charge in [-0.05, 0) is 16.5 Å². The molecule has 2 aromatic rings. The van der Waals surface area contributed by atoms with Gasteiger partial charge in [-0.25, -0.2) is 13.5 Å². The smallest absolute Gasteiger partial charge is 0.209 e. The Balaban J connectivity index is 2.07. The van der Waals surface area contributed by atoms with Gasteiger partial charge in [-0.2, -0.15) is 0 Å². The van der Waals surface area contributed by atoms with Crippen LogP contribution in [0.3, 0.4) is 0 Å². The van der Waals surface area contributed by atoms with Gasteiger partial charge < -0.3 is 5.73 Å². The lowest BCUT2D eigenvalue weighted by atomic mass is 10.2. The lowest BCUT2D eigenvalue weighted by Gasteiger charge is -2.04. The molecule has 0 spiro atoms. The van der Waals surface area contributed by atoms with Crippen molar-refractivity contribution in [3.8, 4) is 0 Å². The molecule has 0 unspecified atom stereocenters. The molecule has 96 valence electrons. The molecule has 1 aromatic carbocycles. The highest BCUT2D eigenvalue weighted by atomic mass is 32.2. The van der Waals surface area contributed by atoms with E-state index in [1.165, 1.54) is 28.6 Å². The summed E-state index contributed by atoms with van der Waals surface area (Å²) in [5, 5.41) is 11.6. The quantitative estimate of drug-likeness (QED) is 0.828. The Labute approximate surface area is 106 Å².